The number of alkyl halides is 6. The van der Waals surface area contributed by atoms with E-state index in [1.807, 2.05) is 0 Å². The zero-order chi connectivity index (χ0) is 21.3. The van der Waals surface area contributed by atoms with Crippen molar-refractivity contribution < 1.29 is 31.1 Å². The Bertz CT molecular complexity index is 834. The van der Waals surface area contributed by atoms with Gasteiger partial charge in [-0.25, -0.2) is 0 Å². The summed E-state index contributed by atoms with van der Waals surface area (Å²) in [6.45, 7) is 5.22. The Morgan fingerprint density at radius 1 is 0.821 bits per heavy atom. The lowest BCUT2D eigenvalue weighted by atomic mass is 10.1. The van der Waals surface area contributed by atoms with Gasteiger partial charge in [-0.1, -0.05) is 12.1 Å². The van der Waals surface area contributed by atoms with Crippen molar-refractivity contribution in [2.75, 3.05) is 5.32 Å². The topological polar surface area (TPSA) is 41.1 Å². The molecule has 3 nitrogen and oxygen atoms in total. The van der Waals surface area contributed by atoms with Crippen molar-refractivity contribution >= 4 is 17.3 Å². The fourth-order valence-corrected chi connectivity index (χ4v) is 2.38. The fraction of sp³-hybridized carbons (Fsp3) is 0.316. The summed E-state index contributed by atoms with van der Waals surface area (Å²) in [5.74, 6) is -0.515. The molecule has 152 valence electrons. The van der Waals surface area contributed by atoms with Gasteiger partial charge in [-0.15, -0.1) is 0 Å². The number of hydrogen-bond acceptors (Lipinski definition) is 2. The predicted octanol–water partition coefficient (Wildman–Crippen LogP) is 6.00. The van der Waals surface area contributed by atoms with Crippen molar-refractivity contribution in [1.29, 1.82) is 0 Å². The molecule has 0 aliphatic heterocycles. The number of anilines is 2. The molecule has 0 aromatic heterocycles. The molecule has 1 amide bonds. The van der Waals surface area contributed by atoms with Crippen LogP contribution in [0.1, 0.15) is 42.3 Å². The molecule has 0 aliphatic rings. The highest BCUT2D eigenvalue weighted by Crippen LogP contribution is 2.38. The van der Waals surface area contributed by atoms with Gasteiger partial charge in [-0.05, 0) is 51.1 Å². The second kappa shape index (κ2) is 7.37. The first kappa shape index (κ1) is 21.6. The summed E-state index contributed by atoms with van der Waals surface area (Å²) >= 11 is 0. The molecule has 28 heavy (non-hydrogen) atoms. The Morgan fingerprint density at radius 2 is 1.32 bits per heavy atom. The third-order valence-electron chi connectivity index (χ3n) is 3.53. The van der Waals surface area contributed by atoms with E-state index in [2.05, 4.69) is 10.6 Å². The minimum atomic E-state index is -4.96. The normalized spacial score (nSPS) is 12.6. The second-order valence-corrected chi connectivity index (χ2v) is 7.17. The van der Waals surface area contributed by atoms with Gasteiger partial charge in [0.2, 0.25) is 0 Å². The number of carbonyl (C=O) groups is 1. The number of nitrogens with one attached hydrogen (secondary N) is 2. The highest BCUT2D eigenvalue weighted by molar-refractivity contribution is 6.00. The molecule has 0 fully saturated rings. The number of halogens is 6. The van der Waals surface area contributed by atoms with E-state index in [1.165, 1.54) is 24.3 Å². The molecule has 9 heteroatoms. The van der Waals surface area contributed by atoms with Crippen LogP contribution in [0.25, 0.3) is 0 Å². The molecule has 2 aromatic carbocycles. The molecule has 0 aliphatic carbocycles. The van der Waals surface area contributed by atoms with Gasteiger partial charge < -0.3 is 10.6 Å². The van der Waals surface area contributed by atoms with Crippen molar-refractivity contribution in [1.82, 2.24) is 5.32 Å². The first-order chi connectivity index (χ1) is 12.7. The Kier molecular flexibility index (Phi) is 5.68. The van der Waals surface area contributed by atoms with Gasteiger partial charge in [-0.2, -0.15) is 26.3 Å². The Labute approximate surface area is 157 Å². The van der Waals surface area contributed by atoms with Crippen molar-refractivity contribution in [3.63, 3.8) is 0 Å². The summed E-state index contributed by atoms with van der Waals surface area (Å²) in [6.07, 6.45) is -9.92. The second-order valence-electron chi connectivity index (χ2n) is 7.17. The lowest BCUT2D eigenvalue weighted by molar-refractivity contribution is -0.143. The average Bonchev–Trinajstić information content (AvgIpc) is 2.51. The van der Waals surface area contributed by atoms with Gasteiger partial charge in [0, 0.05) is 11.2 Å². The Balaban J connectivity index is 2.48. The highest BCUT2D eigenvalue weighted by Gasteiger charge is 2.37. The van der Waals surface area contributed by atoms with Gasteiger partial charge in [0.1, 0.15) is 0 Å². The Morgan fingerprint density at radius 3 is 1.79 bits per heavy atom. The van der Waals surface area contributed by atoms with E-state index >= 15 is 0 Å². The van der Waals surface area contributed by atoms with Crippen molar-refractivity contribution in [3.05, 3.63) is 59.2 Å². The van der Waals surface area contributed by atoms with Crippen LogP contribution in [-0.2, 0) is 12.4 Å². The van der Waals surface area contributed by atoms with Crippen molar-refractivity contribution in [3.8, 4) is 0 Å². The van der Waals surface area contributed by atoms with Crippen LogP contribution in [0.2, 0.25) is 0 Å². The monoisotopic (exact) mass is 404 g/mol. The summed E-state index contributed by atoms with van der Waals surface area (Å²) < 4.78 is 78.1. The molecule has 0 radical (unpaired) electrons. The van der Waals surface area contributed by atoms with Gasteiger partial charge >= 0.3 is 12.4 Å². The lowest BCUT2D eigenvalue weighted by Crippen LogP contribution is -2.40. The van der Waals surface area contributed by atoms with Gasteiger partial charge in [-0.3, -0.25) is 4.79 Å². The number of benzene rings is 2. The smallest absolute Gasteiger partial charge is 0.355 e. The van der Waals surface area contributed by atoms with Crippen LogP contribution in [0, 0.1) is 0 Å². The molecule has 2 rings (SSSR count). The molecule has 2 N–H and O–H groups in total. The van der Waals surface area contributed by atoms with Crippen LogP contribution in [0.4, 0.5) is 37.7 Å². The molecule has 0 spiro atoms. The maximum absolute atomic E-state index is 13.0. The highest BCUT2D eigenvalue weighted by atomic mass is 19.4. The largest absolute Gasteiger partial charge is 0.416 e. The van der Waals surface area contributed by atoms with E-state index in [0.717, 1.165) is 0 Å². The quantitative estimate of drug-likeness (QED) is 0.617. The molecule has 0 atom stereocenters. The fourth-order valence-electron chi connectivity index (χ4n) is 2.38. The van der Waals surface area contributed by atoms with E-state index in [1.54, 1.807) is 20.8 Å². The number of rotatable bonds is 3. The molecule has 0 saturated heterocycles. The zero-order valence-electron chi connectivity index (χ0n) is 15.2. The maximum atomic E-state index is 13.0. The number of carbonyl (C=O) groups excluding carboxylic acids is 1. The van der Waals surface area contributed by atoms with Gasteiger partial charge in [0.05, 0.1) is 22.4 Å². The summed E-state index contributed by atoms with van der Waals surface area (Å²) in [4.78, 5) is 12.4. The first-order valence-electron chi connectivity index (χ1n) is 8.15. The molecule has 0 saturated carbocycles. The Hall–Kier alpha value is -2.71. The van der Waals surface area contributed by atoms with Crippen LogP contribution in [0.15, 0.2) is 42.5 Å². The molecule has 0 bridgehead atoms. The van der Waals surface area contributed by atoms with Gasteiger partial charge in [0.15, 0.2) is 0 Å². The average molecular weight is 404 g/mol. The van der Waals surface area contributed by atoms with Crippen LogP contribution in [-0.4, -0.2) is 11.4 Å². The summed E-state index contributed by atoms with van der Waals surface area (Å²) in [7, 11) is 0. The SMILES string of the molecule is CC(C)(C)NC(=O)c1ccccc1Nc1cc(C(F)(F)F)cc(C(F)(F)F)c1. The minimum Gasteiger partial charge on any atom is -0.355 e. The van der Waals surface area contributed by atoms with Crippen LogP contribution >= 0.6 is 0 Å². The van der Waals surface area contributed by atoms with Crippen molar-refractivity contribution in [2.24, 2.45) is 0 Å². The molecular weight excluding hydrogens is 386 g/mol. The third kappa shape index (κ3) is 5.64. The predicted molar refractivity (Wildman–Crippen MR) is 93.4 cm³/mol. The summed E-state index contributed by atoms with van der Waals surface area (Å²) in [5.41, 5.74) is -3.73. The van der Waals surface area contributed by atoms with E-state index in [-0.39, 0.29) is 17.3 Å². The lowest BCUT2D eigenvalue weighted by Gasteiger charge is -2.22. The van der Waals surface area contributed by atoms with E-state index in [0.29, 0.717) is 12.1 Å². The number of para-hydroxylation sites is 1. The van der Waals surface area contributed by atoms with E-state index < -0.39 is 40.6 Å². The van der Waals surface area contributed by atoms with Crippen molar-refractivity contribution in [2.45, 2.75) is 38.7 Å². The van der Waals surface area contributed by atoms with E-state index in [4.69, 9.17) is 0 Å². The summed E-state index contributed by atoms with van der Waals surface area (Å²) in [6, 6.07) is 7.03. The van der Waals surface area contributed by atoms with Crippen LogP contribution in [0.5, 0.6) is 0 Å². The maximum Gasteiger partial charge on any atom is 0.416 e. The van der Waals surface area contributed by atoms with Crippen LogP contribution in [0.3, 0.4) is 0 Å². The third-order valence-corrected chi connectivity index (χ3v) is 3.53. The molecule has 2 aromatic rings. The molecule has 0 heterocycles. The molecule has 0 unspecified atom stereocenters. The van der Waals surface area contributed by atoms with Crippen LogP contribution < -0.4 is 10.6 Å². The number of amides is 1. The number of hydrogen-bond donors (Lipinski definition) is 2. The molecular formula is C19H18F6N2O. The zero-order valence-corrected chi connectivity index (χ0v) is 15.2. The van der Waals surface area contributed by atoms with Gasteiger partial charge in [0.25, 0.3) is 5.91 Å². The summed E-state index contributed by atoms with van der Waals surface area (Å²) in [5, 5.41) is 5.20. The standard InChI is InChI=1S/C19H18F6N2O/c1-17(2,3)27-16(28)14-6-4-5-7-15(14)26-13-9-11(18(20,21)22)8-12(10-13)19(23,24)25/h4-10,26H,1-3H3,(H,27,28). The minimum absolute atomic E-state index is 0.0450. The first-order valence-corrected chi connectivity index (χ1v) is 8.15. The van der Waals surface area contributed by atoms with E-state index in [9.17, 15) is 31.1 Å².